The Morgan fingerprint density at radius 2 is 1.53 bits per heavy atom. The Kier molecular flexibility index (Phi) is 7.56. The van der Waals surface area contributed by atoms with E-state index in [-0.39, 0.29) is 17.4 Å². The van der Waals surface area contributed by atoms with E-state index in [0.29, 0.717) is 35.2 Å². The summed E-state index contributed by atoms with van der Waals surface area (Å²) in [6.45, 7) is 2.10. The molecule has 0 heterocycles. The number of rotatable bonds is 10. The predicted octanol–water partition coefficient (Wildman–Crippen LogP) is 3.91. The lowest BCUT2D eigenvalue weighted by atomic mass is 10.3. The summed E-state index contributed by atoms with van der Waals surface area (Å²) in [6, 6.07) is 19.4. The summed E-state index contributed by atoms with van der Waals surface area (Å²) >= 11 is 0. The minimum Gasteiger partial charge on any atom is -0.497 e. The summed E-state index contributed by atoms with van der Waals surface area (Å²) in [5.41, 5.74) is 0.962. The van der Waals surface area contributed by atoms with Crippen molar-refractivity contribution in [3.63, 3.8) is 0 Å². The van der Waals surface area contributed by atoms with Gasteiger partial charge in [0.25, 0.3) is 15.9 Å². The van der Waals surface area contributed by atoms with Crippen molar-refractivity contribution in [1.82, 2.24) is 0 Å². The van der Waals surface area contributed by atoms with Crippen molar-refractivity contribution >= 4 is 27.3 Å². The Balaban J connectivity index is 1.57. The minimum atomic E-state index is -3.77. The molecule has 8 nitrogen and oxygen atoms in total. The topological polar surface area (TPSA) is 103 Å². The monoisotopic (exact) mass is 456 g/mol. The highest BCUT2D eigenvalue weighted by Crippen LogP contribution is 2.24. The molecule has 32 heavy (non-hydrogen) atoms. The largest absolute Gasteiger partial charge is 0.497 e. The van der Waals surface area contributed by atoms with E-state index in [1.54, 1.807) is 42.5 Å². The van der Waals surface area contributed by atoms with Crippen LogP contribution in [0.4, 0.5) is 11.4 Å². The van der Waals surface area contributed by atoms with Crippen LogP contribution in [-0.4, -0.2) is 34.6 Å². The van der Waals surface area contributed by atoms with E-state index in [0.717, 1.165) is 0 Å². The van der Waals surface area contributed by atoms with Gasteiger partial charge in [-0.1, -0.05) is 12.1 Å². The van der Waals surface area contributed by atoms with Gasteiger partial charge in [0.2, 0.25) is 0 Å². The third-order valence-corrected chi connectivity index (χ3v) is 5.70. The van der Waals surface area contributed by atoms with Crippen molar-refractivity contribution in [1.29, 1.82) is 0 Å². The molecular formula is C23H24N2O6S. The van der Waals surface area contributed by atoms with Crippen LogP contribution in [0.1, 0.15) is 6.92 Å². The normalized spacial score (nSPS) is 10.8. The van der Waals surface area contributed by atoms with E-state index in [2.05, 4.69) is 10.0 Å². The second-order valence-electron chi connectivity index (χ2n) is 6.57. The molecular weight excluding hydrogens is 432 g/mol. The number of carbonyl (C=O) groups is 1. The molecule has 0 unspecified atom stereocenters. The molecule has 0 saturated heterocycles. The first-order valence-electron chi connectivity index (χ1n) is 9.82. The quantitative estimate of drug-likeness (QED) is 0.479. The van der Waals surface area contributed by atoms with Crippen molar-refractivity contribution in [2.45, 2.75) is 11.8 Å². The third kappa shape index (κ3) is 6.14. The fourth-order valence-electron chi connectivity index (χ4n) is 2.77. The molecule has 0 aliphatic heterocycles. The standard InChI is InChI=1S/C23H24N2O6S/c1-3-30-22-7-5-4-6-21(22)24-23(26)16-31-19-12-14-20(15-13-19)32(27,28)25-17-8-10-18(29-2)11-9-17/h4-15,25H,3,16H2,1-2H3,(H,24,26). The van der Waals surface area contributed by atoms with Gasteiger partial charge < -0.3 is 19.5 Å². The molecule has 0 spiro atoms. The lowest BCUT2D eigenvalue weighted by Gasteiger charge is -2.12. The Morgan fingerprint density at radius 1 is 0.875 bits per heavy atom. The van der Waals surface area contributed by atoms with Crippen LogP contribution in [0.2, 0.25) is 0 Å². The van der Waals surface area contributed by atoms with Gasteiger partial charge in [-0.2, -0.15) is 0 Å². The first-order valence-corrected chi connectivity index (χ1v) is 11.3. The zero-order valence-corrected chi connectivity index (χ0v) is 18.5. The van der Waals surface area contributed by atoms with Gasteiger partial charge >= 0.3 is 0 Å². The summed E-state index contributed by atoms with van der Waals surface area (Å²) in [5.74, 6) is 1.19. The van der Waals surface area contributed by atoms with Crippen LogP contribution >= 0.6 is 0 Å². The SMILES string of the molecule is CCOc1ccccc1NC(=O)COc1ccc(S(=O)(=O)Nc2ccc(OC)cc2)cc1. The van der Waals surface area contributed by atoms with E-state index in [4.69, 9.17) is 14.2 Å². The van der Waals surface area contributed by atoms with E-state index >= 15 is 0 Å². The highest BCUT2D eigenvalue weighted by Gasteiger charge is 2.15. The first-order chi connectivity index (χ1) is 15.4. The van der Waals surface area contributed by atoms with E-state index in [9.17, 15) is 13.2 Å². The second kappa shape index (κ2) is 10.5. The number of sulfonamides is 1. The second-order valence-corrected chi connectivity index (χ2v) is 8.25. The predicted molar refractivity (Wildman–Crippen MR) is 122 cm³/mol. The van der Waals surface area contributed by atoms with Gasteiger partial charge in [-0.15, -0.1) is 0 Å². The highest BCUT2D eigenvalue weighted by molar-refractivity contribution is 7.92. The van der Waals surface area contributed by atoms with Gasteiger partial charge in [0.1, 0.15) is 17.2 Å². The molecule has 168 valence electrons. The van der Waals surface area contributed by atoms with Crippen LogP contribution < -0.4 is 24.2 Å². The Morgan fingerprint density at radius 3 is 2.19 bits per heavy atom. The molecule has 3 aromatic rings. The number of para-hydroxylation sites is 2. The number of ether oxygens (including phenoxy) is 3. The smallest absolute Gasteiger partial charge is 0.262 e. The van der Waals surface area contributed by atoms with Gasteiger partial charge in [0, 0.05) is 5.69 Å². The summed E-state index contributed by atoms with van der Waals surface area (Å²) in [7, 11) is -2.24. The van der Waals surface area contributed by atoms with Crippen molar-refractivity contribution < 1.29 is 27.4 Å². The van der Waals surface area contributed by atoms with Crippen LogP contribution in [0, 0.1) is 0 Å². The van der Waals surface area contributed by atoms with Gasteiger partial charge in [-0.3, -0.25) is 9.52 Å². The number of methoxy groups -OCH3 is 1. The molecule has 0 aromatic heterocycles. The molecule has 0 aliphatic carbocycles. The number of hydrogen-bond acceptors (Lipinski definition) is 6. The molecule has 3 rings (SSSR count). The first kappa shape index (κ1) is 23.0. The van der Waals surface area contributed by atoms with Gasteiger partial charge in [-0.25, -0.2) is 8.42 Å². The molecule has 0 aliphatic rings. The van der Waals surface area contributed by atoms with Crippen LogP contribution in [-0.2, 0) is 14.8 Å². The van der Waals surface area contributed by atoms with E-state index in [1.165, 1.54) is 31.4 Å². The van der Waals surface area contributed by atoms with Gasteiger partial charge in [0.05, 0.1) is 24.3 Å². The van der Waals surface area contributed by atoms with Crippen molar-refractivity contribution in [3.8, 4) is 17.2 Å². The molecule has 0 radical (unpaired) electrons. The van der Waals surface area contributed by atoms with Crippen molar-refractivity contribution in [2.75, 3.05) is 30.4 Å². The maximum atomic E-state index is 12.6. The summed E-state index contributed by atoms with van der Waals surface area (Å²) in [4.78, 5) is 12.3. The molecule has 1 amide bonds. The molecule has 0 saturated carbocycles. The van der Waals surface area contributed by atoms with Crippen molar-refractivity contribution in [2.24, 2.45) is 0 Å². The molecule has 3 aromatic carbocycles. The van der Waals surface area contributed by atoms with E-state index in [1.807, 2.05) is 13.0 Å². The van der Waals surface area contributed by atoms with Gasteiger partial charge in [-0.05, 0) is 67.6 Å². The van der Waals surface area contributed by atoms with Gasteiger partial charge in [0.15, 0.2) is 6.61 Å². The highest BCUT2D eigenvalue weighted by atomic mass is 32.2. The minimum absolute atomic E-state index is 0.0655. The fraction of sp³-hybridized carbons (Fsp3) is 0.174. The number of hydrogen-bond donors (Lipinski definition) is 2. The summed E-state index contributed by atoms with van der Waals surface area (Å²) in [5, 5.41) is 2.73. The average Bonchev–Trinajstić information content (AvgIpc) is 2.80. The lowest BCUT2D eigenvalue weighted by molar-refractivity contribution is -0.118. The maximum absolute atomic E-state index is 12.6. The molecule has 0 atom stereocenters. The summed E-state index contributed by atoms with van der Waals surface area (Å²) in [6.07, 6.45) is 0. The maximum Gasteiger partial charge on any atom is 0.262 e. The Labute approximate surface area is 187 Å². The van der Waals surface area contributed by atoms with E-state index < -0.39 is 10.0 Å². The lowest BCUT2D eigenvalue weighted by Crippen LogP contribution is -2.20. The fourth-order valence-corrected chi connectivity index (χ4v) is 3.83. The van der Waals surface area contributed by atoms with Crippen LogP contribution in [0.5, 0.6) is 17.2 Å². The molecule has 0 fully saturated rings. The zero-order chi connectivity index (χ0) is 23.0. The Bertz CT molecular complexity index is 1150. The number of nitrogens with one attached hydrogen (secondary N) is 2. The van der Waals surface area contributed by atoms with Crippen LogP contribution in [0.15, 0.2) is 77.7 Å². The molecule has 0 bridgehead atoms. The van der Waals surface area contributed by atoms with Crippen LogP contribution in [0.25, 0.3) is 0 Å². The third-order valence-electron chi connectivity index (χ3n) is 4.31. The average molecular weight is 457 g/mol. The Hall–Kier alpha value is -3.72. The van der Waals surface area contributed by atoms with Crippen molar-refractivity contribution in [3.05, 3.63) is 72.8 Å². The van der Waals surface area contributed by atoms with Crippen LogP contribution in [0.3, 0.4) is 0 Å². The zero-order valence-electron chi connectivity index (χ0n) is 17.7. The number of benzene rings is 3. The number of anilines is 2. The number of carbonyl (C=O) groups excluding carboxylic acids is 1. The molecule has 2 N–H and O–H groups in total. The number of amides is 1. The molecule has 9 heteroatoms. The summed E-state index contributed by atoms with van der Waals surface area (Å²) < 4.78 is 43.6.